The second-order valence-corrected chi connectivity index (χ2v) is 8.80. The zero-order valence-electron chi connectivity index (χ0n) is 18.4. The summed E-state index contributed by atoms with van der Waals surface area (Å²) >= 11 is 0. The summed E-state index contributed by atoms with van der Waals surface area (Å²) in [6.45, 7) is 1.43. The fourth-order valence-corrected chi connectivity index (χ4v) is 5.46. The number of aromatic nitrogens is 2. The summed E-state index contributed by atoms with van der Waals surface area (Å²) in [7, 11) is 0. The molecule has 2 aromatic heterocycles. The number of hydrogen-bond donors (Lipinski definition) is 2. The number of aliphatic hydroxyl groups excluding tert-OH is 1. The molecule has 2 bridgehead atoms. The molecule has 170 valence electrons. The number of nitrogens with zero attached hydrogens (tertiary/aromatic N) is 3. The maximum absolute atomic E-state index is 13.5. The van der Waals surface area contributed by atoms with Gasteiger partial charge in [0.25, 0.3) is 5.56 Å². The van der Waals surface area contributed by atoms with Crippen LogP contribution in [0.1, 0.15) is 23.0 Å². The van der Waals surface area contributed by atoms with Crippen molar-refractivity contribution in [2.75, 3.05) is 13.2 Å². The summed E-state index contributed by atoms with van der Waals surface area (Å²) in [6.07, 6.45) is 2.50. The summed E-state index contributed by atoms with van der Waals surface area (Å²) in [5.74, 6) is -0.793. The van der Waals surface area contributed by atoms with Crippen LogP contribution in [-0.4, -0.2) is 44.7 Å². The molecule has 0 radical (unpaired) electrons. The third-order valence-corrected chi connectivity index (χ3v) is 6.98. The molecule has 0 aliphatic carbocycles. The van der Waals surface area contributed by atoms with Crippen molar-refractivity contribution < 1.29 is 9.90 Å². The summed E-state index contributed by atoms with van der Waals surface area (Å²) in [5, 5.41) is 13.5. The van der Waals surface area contributed by atoms with Gasteiger partial charge in [0.05, 0.1) is 17.7 Å². The molecule has 1 saturated heterocycles. The Kier molecular flexibility index (Phi) is 6.07. The molecule has 0 unspecified atom stereocenters. The monoisotopic (exact) mass is 444 g/mol. The molecule has 0 spiro atoms. The third kappa shape index (κ3) is 4.10. The predicted molar refractivity (Wildman–Crippen MR) is 124 cm³/mol. The Morgan fingerprint density at radius 2 is 1.88 bits per heavy atom. The Hall–Kier alpha value is -3.29. The fourth-order valence-electron chi connectivity index (χ4n) is 5.46. The molecule has 1 aromatic carbocycles. The van der Waals surface area contributed by atoms with Crippen LogP contribution in [0, 0.1) is 11.8 Å². The summed E-state index contributed by atoms with van der Waals surface area (Å²) in [5.41, 5.74) is 2.83. The van der Waals surface area contributed by atoms with E-state index in [0.29, 0.717) is 19.6 Å². The first-order valence-electron chi connectivity index (χ1n) is 11.5. The minimum atomic E-state index is -0.449. The number of fused-ring (bicyclic) bond motifs is 4. The van der Waals surface area contributed by atoms with E-state index in [9.17, 15) is 14.7 Å². The Morgan fingerprint density at radius 3 is 2.64 bits per heavy atom. The van der Waals surface area contributed by atoms with Gasteiger partial charge in [0, 0.05) is 56.2 Å². The molecule has 3 aromatic rings. The summed E-state index contributed by atoms with van der Waals surface area (Å²) < 4.78 is 1.77. The largest absolute Gasteiger partial charge is 0.396 e. The van der Waals surface area contributed by atoms with Gasteiger partial charge in [-0.05, 0) is 30.2 Å². The number of benzene rings is 1. The van der Waals surface area contributed by atoms with E-state index in [0.717, 1.165) is 23.4 Å². The lowest BCUT2D eigenvalue weighted by atomic mass is 9.86. The maximum atomic E-state index is 13.5. The third-order valence-electron chi connectivity index (χ3n) is 6.98. The van der Waals surface area contributed by atoms with Crippen molar-refractivity contribution in [3.05, 3.63) is 100 Å². The van der Waals surface area contributed by atoms with Crippen molar-refractivity contribution in [3.8, 4) is 0 Å². The highest BCUT2D eigenvalue weighted by atomic mass is 16.3. The van der Waals surface area contributed by atoms with Crippen LogP contribution in [0.25, 0.3) is 0 Å². The lowest BCUT2D eigenvalue weighted by Gasteiger charge is -2.37. The lowest BCUT2D eigenvalue weighted by molar-refractivity contribution is -0.127. The molecule has 5 rings (SSSR count). The Morgan fingerprint density at radius 1 is 1.06 bits per heavy atom. The van der Waals surface area contributed by atoms with Gasteiger partial charge in [-0.2, -0.15) is 0 Å². The normalized spacial score (nSPS) is 23.8. The number of hydrogen-bond acceptors (Lipinski definition) is 5. The van der Waals surface area contributed by atoms with Gasteiger partial charge in [-0.3, -0.25) is 19.5 Å². The first-order valence-corrected chi connectivity index (χ1v) is 11.5. The Labute approximate surface area is 192 Å². The first kappa shape index (κ1) is 21.6. The van der Waals surface area contributed by atoms with Crippen molar-refractivity contribution in [2.45, 2.75) is 31.6 Å². The van der Waals surface area contributed by atoms with Gasteiger partial charge >= 0.3 is 0 Å². The summed E-state index contributed by atoms with van der Waals surface area (Å²) in [4.78, 5) is 32.8. The standard InChI is InChI=1S/C26H28N4O3/c31-17-20-22-16-29-21(10-6-11-23(29)32)25(30(22)15-19-9-4-5-13-27-19)24(20)26(33)28-14-12-18-7-2-1-3-8-18/h1-11,13,20,22,24-25,31H,12,14-17H2,(H,28,33)/t20-,22-,24+,25+/m0/s1. The SMILES string of the molecule is O=C(NCCc1ccccc1)[C@@H]1[C@@H](CO)[C@@H]2Cn3c(cccc3=O)[C@H]1N2Cc1ccccn1. The lowest BCUT2D eigenvalue weighted by Crippen LogP contribution is -2.46. The minimum absolute atomic E-state index is 0.0678. The van der Waals surface area contributed by atoms with E-state index in [2.05, 4.69) is 15.2 Å². The highest BCUT2D eigenvalue weighted by Crippen LogP contribution is 2.48. The van der Waals surface area contributed by atoms with E-state index in [1.54, 1.807) is 22.9 Å². The minimum Gasteiger partial charge on any atom is -0.396 e. The molecular formula is C26H28N4O3. The van der Waals surface area contributed by atoms with Crippen LogP contribution >= 0.6 is 0 Å². The number of carbonyl (C=O) groups excluding carboxylic acids is 1. The van der Waals surface area contributed by atoms with Gasteiger partial charge in [-0.1, -0.05) is 42.5 Å². The molecule has 1 fully saturated rings. The van der Waals surface area contributed by atoms with E-state index in [1.807, 2.05) is 54.6 Å². The van der Waals surface area contributed by atoms with Crippen LogP contribution in [0.2, 0.25) is 0 Å². The van der Waals surface area contributed by atoms with Crippen LogP contribution in [0.4, 0.5) is 0 Å². The molecule has 1 amide bonds. The van der Waals surface area contributed by atoms with Crippen LogP contribution in [0.3, 0.4) is 0 Å². The number of nitrogens with one attached hydrogen (secondary N) is 1. The van der Waals surface area contributed by atoms with E-state index >= 15 is 0 Å². The van der Waals surface area contributed by atoms with Crippen LogP contribution in [-0.2, 0) is 24.3 Å². The fraction of sp³-hybridized carbons (Fsp3) is 0.346. The van der Waals surface area contributed by atoms with E-state index in [1.165, 1.54) is 0 Å². The van der Waals surface area contributed by atoms with Crippen LogP contribution < -0.4 is 10.9 Å². The van der Waals surface area contributed by atoms with Crippen LogP contribution in [0.15, 0.2) is 77.7 Å². The average Bonchev–Trinajstić information content (AvgIpc) is 3.04. The zero-order chi connectivity index (χ0) is 22.8. The topological polar surface area (TPSA) is 87.5 Å². The Bertz CT molecular complexity index is 1160. The van der Waals surface area contributed by atoms with Crippen molar-refractivity contribution in [1.82, 2.24) is 19.8 Å². The second-order valence-electron chi connectivity index (χ2n) is 8.80. The molecule has 0 saturated carbocycles. The highest BCUT2D eigenvalue weighted by Gasteiger charge is 2.55. The van der Waals surface area contributed by atoms with Crippen molar-refractivity contribution in [2.24, 2.45) is 11.8 Å². The van der Waals surface area contributed by atoms with E-state index in [-0.39, 0.29) is 36.1 Å². The quantitative estimate of drug-likeness (QED) is 0.580. The molecule has 4 heterocycles. The number of carbonyl (C=O) groups is 1. The van der Waals surface area contributed by atoms with E-state index in [4.69, 9.17) is 0 Å². The van der Waals surface area contributed by atoms with Gasteiger partial charge < -0.3 is 15.0 Å². The average molecular weight is 445 g/mol. The zero-order valence-corrected chi connectivity index (χ0v) is 18.4. The van der Waals surface area contributed by atoms with Gasteiger partial charge in [0.1, 0.15) is 0 Å². The van der Waals surface area contributed by atoms with Crippen molar-refractivity contribution in [1.29, 1.82) is 0 Å². The molecule has 7 nitrogen and oxygen atoms in total. The number of aliphatic hydroxyl groups is 1. The van der Waals surface area contributed by atoms with Crippen molar-refractivity contribution in [3.63, 3.8) is 0 Å². The summed E-state index contributed by atoms with van der Waals surface area (Å²) in [6, 6.07) is 20.6. The number of pyridine rings is 2. The molecule has 2 N–H and O–H groups in total. The Balaban J connectivity index is 1.44. The molecule has 2 aliphatic rings. The highest BCUT2D eigenvalue weighted by molar-refractivity contribution is 5.80. The number of amides is 1. The van der Waals surface area contributed by atoms with Crippen molar-refractivity contribution >= 4 is 5.91 Å². The second kappa shape index (κ2) is 9.29. The van der Waals surface area contributed by atoms with Gasteiger partial charge in [-0.15, -0.1) is 0 Å². The van der Waals surface area contributed by atoms with Gasteiger partial charge in [0.2, 0.25) is 5.91 Å². The maximum Gasteiger partial charge on any atom is 0.250 e. The smallest absolute Gasteiger partial charge is 0.250 e. The molecule has 4 atom stereocenters. The van der Waals surface area contributed by atoms with Crippen LogP contribution in [0.5, 0.6) is 0 Å². The van der Waals surface area contributed by atoms with Gasteiger partial charge in [-0.25, -0.2) is 0 Å². The molecule has 2 aliphatic heterocycles. The molecule has 33 heavy (non-hydrogen) atoms. The molecular weight excluding hydrogens is 416 g/mol. The van der Waals surface area contributed by atoms with E-state index < -0.39 is 5.92 Å². The van der Waals surface area contributed by atoms with Gasteiger partial charge in [0.15, 0.2) is 0 Å². The number of rotatable bonds is 7. The first-order chi connectivity index (χ1) is 16.2. The predicted octanol–water partition coefficient (Wildman–Crippen LogP) is 1.77. The molecule has 7 heteroatoms.